The molecule has 1 atom stereocenters. The summed E-state index contributed by atoms with van der Waals surface area (Å²) in [7, 11) is 0. The predicted molar refractivity (Wildman–Crippen MR) is 56.5 cm³/mol. The van der Waals surface area contributed by atoms with Crippen molar-refractivity contribution in [3.05, 3.63) is 11.6 Å². The second kappa shape index (κ2) is 6.90. The zero-order valence-electron chi connectivity index (χ0n) is 9.65. The lowest BCUT2D eigenvalue weighted by molar-refractivity contribution is -0.157. The molecule has 0 saturated carbocycles. The number of Topliss-reactive ketones (excluding diaryl/α,β-unsaturated/α-hetero) is 1. The van der Waals surface area contributed by atoms with Crippen molar-refractivity contribution in [1.82, 2.24) is 0 Å². The summed E-state index contributed by atoms with van der Waals surface area (Å²) in [5, 5.41) is 8.98. The largest absolute Gasteiger partial charge is 0.393 e. The molecule has 1 unspecified atom stereocenters. The Morgan fingerprint density at radius 2 is 1.88 bits per heavy atom. The first kappa shape index (κ1) is 14.5. The smallest absolute Gasteiger partial charge is 0.341 e. The molecule has 5 heteroatoms. The Labute approximate surface area is 94.1 Å². The summed E-state index contributed by atoms with van der Waals surface area (Å²) in [6.07, 6.45) is 0.821. The Balaban J connectivity index is 4.20. The second-order valence-electron chi connectivity index (χ2n) is 3.61. The highest BCUT2D eigenvalue weighted by molar-refractivity contribution is 6.01. The molecule has 0 aliphatic carbocycles. The Morgan fingerprint density at radius 1 is 1.31 bits per heavy atom. The summed E-state index contributed by atoms with van der Waals surface area (Å²) in [5.74, 6) is -2.00. The molecule has 0 aliphatic rings. The fraction of sp³-hybridized carbons (Fsp3) is 0.545. The average Bonchev–Trinajstić information content (AvgIpc) is 2.12. The van der Waals surface area contributed by atoms with Crippen LogP contribution in [0.5, 0.6) is 0 Å². The van der Waals surface area contributed by atoms with Gasteiger partial charge in [0.05, 0.1) is 6.10 Å². The van der Waals surface area contributed by atoms with Gasteiger partial charge in [0.1, 0.15) is 12.2 Å². The molecule has 0 aliphatic heterocycles. The number of aliphatic hydroxyl groups is 1. The van der Waals surface area contributed by atoms with E-state index in [1.807, 2.05) is 0 Å². The molecule has 0 aromatic heterocycles. The highest BCUT2D eigenvalue weighted by Gasteiger charge is 2.13. The molecule has 16 heavy (non-hydrogen) atoms. The van der Waals surface area contributed by atoms with Gasteiger partial charge in [-0.25, -0.2) is 4.79 Å². The first-order valence-corrected chi connectivity index (χ1v) is 4.92. The van der Waals surface area contributed by atoms with E-state index in [2.05, 4.69) is 4.74 Å². The zero-order valence-corrected chi connectivity index (χ0v) is 9.65. The molecular weight excluding hydrogens is 212 g/mol. The summed E-state index contributed by atoms with van der Waals surface area (Å²) in [5.41, 5.74) is 0.234. The molecule has 0 fully saturated rings. The number of hydrogen-bond donors (Lipinski definition) is 1. The summed E-state index contributed by atoms with van der Waals surface area (Å²) >= 11 is 0. The van der Waals surface area contributed by atoms with Crippen molar-refractivity contribution in [3.8, 4) is 0 Å². The molecule has 0 radical (unpaired) electrons. The van der Waals surface area contributed by atoms with Gasteiger partial charge in [-0.3, -0.25) is 9.59 Å². The van der Waals surface area contributed by atoms with E-state index < -0.39 is 24.5 Å². The maximum Gasteiger partial charge on any atom is 0.341 e. The first-order chi connectivity index (χ1) is 7.32. The van der Waals surface area contributed by atoms with Crippen molar-refractivity contribution in [2.24, 2.45) is 0 Å². The van der Waals surface area contributed by atoms with Crippen LogP contribution in [0.3, 0.4) is 0 Å². The summed E-state index contributed by atoms with van der Waals surface area (Å²) < 4.78 is 4.41. The summed E-state index contributed by atoms with van der Waals surface area (Å²) in [4.78, 5) is 32.8. The molecule has 0 bridgehead atoms. The van der Waals surface area contributed by atoms with Crippen LogP contribution in [0.15, 0.2) is 11.6 Å². The van der Waals surface area contributed by atoms with Crippen LogP contribution in [0, 0.1) is 0 Å². The van der Waals surface area contributed by atoms with E-state index in [0.717, 1.165) is 0 Å². The van der Waals surface area contributed by atoms with Gasteiger partial charge in [-0.15, -0.1) is 0 Å². The number of ketones is 1. The van der Waals surface area contributed by atoms with E-state index in [0.29, 0.717) is 6.42 Å². The molecule has 5 nitrogen and oxygen atoms in total. The molecule has 0 spiro atoms. The number of aliphatic hydroxyl groups excluding tert-OH is 1. The highest BCUT2D eigenvalue weighted by atomic mass is 16.6. The van der Waals surface area contributed by atoms with Crippen molar-refractivity contribution in [2.75, 3.05) is 0 Å². The van der Waals surface area contributed by atoms with Gasteiger partial charge in [0, 0.05) is 5.57 Å². The van der Waals surface area contributed by atoms with E-state index in [1.54, 1.807) is 6.92 Å². The van der Waals surface area contributed by atoms with Crippen LogP contribution in [0.4, 0.5) is 0 Å². The zero-order chi connectivity index (χ0) is 12.7. The fourth-order valence-corrected chi connectivity index (χ4v) is 0.854. The van der Waals surface area contributed by atoms with E-state index in [9.17, 15) is 14.4 Å². The van der Waals surface area contributed by atoms with Crippen molar-refractivity contribution in [2.45, 2.75) is 39.7 Å². The molecule has 0 aromatic carbocycles. The Bertz CT molecular complexity index is 314. The van der Waals surface area contributed by atoms with Crippen LogP contribution in [0.25, 0.3) is 0 Å². The van der Waals surface area contributed by atoms with Crippen LogP contribution in [0.1, 0.15) is 33.6 Å². The Kier molecular flexibility index (Phi) is 6.25. The molecule has 90 valence electrons. The molecule has 1 N–H and O–H groups in total. The molecule has 0 aromatic rings. The van der Waals surface area contributed by atoms with Crippen LogP contribution < -0.4 is 0 Å². The third-order valence-electron chi connectivity index (χ3n) is 1.69. The lowest BCUT2D eigenvalue weighted by Crippen LogP contribution is -2.15. The van der Waals surface area contributed by atoms with Gasteiger partial charge in [0.25, 0.3) is 0 Å². The van der Waals surface area contributed by atoms with Crippen molar-refractivity contribution in [3.63, 3.8) is 0 Å². The summed E-state index contributed by atoms with van der Waals surface area (Å²) in [6.45, 7) is 4.30. The number of carbonyl (C=O) groups excluding carboxylic acids is 3. The average molecular weight is 228 g/mol. The Hall–Kier alpha value is -1.49. The molecule has 0 heterocycles. The molecule has 0 rings (SSSR count). The topological polar surface area (TPSA) is 80.7 Å². The third kappa shape index (κ3) is 6.89. The van der Waals surface area contributed by atoms with E-state index in [-0.39, 0.29) is 11.4 Å². The van der Waals surface area contributed by atoms with Gasteiger partial charge < -0.3 is 9.84 Å². The lowest BCUT2D eigenvalue weighted by atomic mass is 10.2. The number of hydrogen-bond acceptors (Lipinski definition) is 5. The van der Waals surface area contributed by atoms with Crippen molar-refractivity contribution < 1.29 is 24.2 Å². The minimum absolute atomic E-state index is 0.234. The minimum Gasteiger partial charge on any atom is -0.393 e. The van der Waals surface area contributed by atoms with Gasteiger partial charge in [-0.05, 0) is 27.2 Å². The quantitative estimate of drug-likeness (QED) is 0.426. The van der Waals surface area contributed by atoms with Gasteiger partial charge in [0.2, 0.25) is 0 Å². The van der Waals surface area contributed by atoms with Gasteiger partial charge in [0.15, 0.2) is 0 Å². The van der Waals surface area contributed by atoms with Crippen LogP contribution in [0.2, 0.25) is 0 Å². The SMILES string of the molecule is CC(=O)CC(=O)OC(=O)C(C)=CCC(C)O. The maximum atomic E-state index is 11.2. The van der Waals surface area contributed by atoms with Gasteiger partial charge in [-0.2, -0.15) is 0 Å². The molecule has 0 saturated heterocycles. The number of ether oxygens (including phenoxy) is 1. The van der Waals surface area contributed by atoms with Crippen LogP contribution >= 0.6 is 0 Å². The lowest BCUT2D eigenvalue weighted by Gasteiger charge is -2.03. The molecular formula is C11H16O5. The third-order valence-corrected chi connectivity index (χ3v) is 1.69. The maximum absolute atomic E-state index is 11.2. The highest BCUT2D eigenvalue weighted by Crippen LogP contribution is 2.02. The standard InChI is InChI=1S/C11H16O5/c1-7(4-5-8(2)12)11(15)16-10(14)6-9(3)13/h4,8,12H,5-6H2,1-3H3. The number of esters is 2. The monoisotopic (exact) mass is 228 g/mol. The number of carbonyl (C=O) groups is 3. The van der Waals surface area contributed by atoms with Gasteiger partial charge >= 0.3 is 11.9 Å². The van der Waals surface area contributed by atoms with E-state index >= 15 is 0 Å². The number of rotatable bonds is 5. The summed E-state index contributed by atoms with van der Waals surface area (Å²) in [6, 6.07) is 0. The van der Waals surface area contributed by atoms with E-state index in [4.69, 9.17) is 5.11 Å². The van der Waals surface area contributed by atoms with Gasteiger partial charge in [-0.1, -0.05) is 6.08 Å². The first-order valence-electron chi connectivity index (χ1n) is 4.92. The second-order valence-corrected chi connectivity index (χ2v) is 3.61. The van der Waals surface area contributed by atoms with Crippen molar-refractivity contribution >= 4 is 17.7 Å². The van der Waals surface area contributed by atoms with Crippen LogP contribution in [-0.4, -0.2) is 28.9 Å². The van der Waals surface area contributed by atoms with Crippen LogP contribution in [-0.2, 0) is 19.1 Å². The fourth-order valence-electron chi connectivity index (χ4n) is 0.854. The predicted octanol–water partition coefficient (Wildman–Crippen LogP) is 0.752. The van der Waals surface area contributed by atoms with E-state index in [1.165, 1.54) is 19.9 Å². The minimum atomic E-state index is -0.859. The Morgan fingerprint density at radius 3 is 2.31 bits per heavy atom. The normalized spacial score (nSPS) is 13.1. The molecule has 0 amide bonds. The van der Waals surface area contributed by atoms with Crippen molar-refractivity contribution in [1.29, 1.82) is 0 Å².